The smallest absolute Gasteiger partial charge is 0.295 e. The van der Waals surface area contributed by atoms with Gasteiger partial charge in [0.25, 0.3) is 11.9 Å². The normalized spacial score (nSPS) is 17.2. The summed E-state index contributed by atoms with van der Waals surface area (Å²) in [5.74, 6) is -0.0563. The van der Waals surface area contributed by atoms with Crippen LogP contribution in [-0.4, -0.2) is 34.9 Å². The van der Waals surface area contributed by atoms with E-state index in [0.29, 0.717) is 40.3 Å². The third-order valence-corrected chi connectivity index (χ3v) is 4.82. The Labute approximate surface area is 154 Å². The van der Waals surface area contributed by atoms with E-state index in [1.165, 1.54) is 0 Å². The van der Waals surface area contributed by atoms with Crippen LogP contribution in [0, 0.1) is 0 Å². The summed E-state index contributed by atoms with van der Waals surface area (Å²) in [6, 6.07) is 12.9. The van der Waals surface area contributed by atoms with Gasteiger partial charge in [-0.3, -0.25) is 4.79 Å². The molecule has 4 rings (SSSR count). The van der Waals surface area contributed by atoms with Gasteiger partial charge in [-0.05, 0) is 30.7 Å². The van der Waals surface area contributed by atoms with Gasteiger partial charge in [-0.15, -0.1) is 0 Å². The lowest BCUT2D eigenvalue weighted by Gasteiger charge is -2.17. The summed E-state index contributed by atoms with van der Waals surface area (Å²) < 4.78 is 5.68. The van der Waals surface area contributed by atoms with Crippen LogP contribution in [0.25, 0.3) is 11.1 Å². The summed E-state index contributed by atoms with van der Waals surface area (Å²) in [5.41, 5.74) is 1.91. The van der Waals surface area contributed by atoms with Crippen molar-refractivity contribution >= 4 is 46.2 Å². The van der Waals surface area contributed by atoms with Crippen LogP contribution in [0.1, 0.15) is 16.8 Å². The van der Waals surface area contributed by atoms with Gasteiger partial charge in [0.05, 0.1) is 10.6 Å². The van der Waals surface area contributed by atoms with Crippen molar-refractivity contribution in [3.8, 4) is 0 Å². The number of nitrogens with one attached hydrogen (secondary N) is 1. The first-order chi connectivity index (χ1) is 12.1. The van der Waals surface area contributed by atoms with E-state index in [1.54, 1.807) is 29.2 Å². The predicted molar refractivity (Wildman–Crippen MR) is 98.4 cm³/mol. The lowest BCUT2D eigenvalue weighted by atomic mass is 10.2. The summed E-state index contributed by atoms with van der Waals surface area (Å²) in [5, 5.41) is 4.33. The molecular weight excluding hydrogens is 361 g/mol. The molecule has 0 radical (unpaired) electrons. The number of benzene rings is 2. The second-order valence-electron chi connectivity index (χ2n) is 5.99. The molecule has 1 amide bonds. The van der Waals surface area contributed by atoms with Crippen molar-refractivity contribution in [1.29, 1.82) is 0 Å². The Morgan fingerprint density at radius 2 is 2.08 bits per heavy atom. The zero-order valence-electron chi connectivity index (χ0n) is 13.2. The summed E-state index contributed by atoms with van der Waals surface area (Å²) in [6.07, 6.45) is 0.815. The summed E-state index contributed by atoms with van der Waals surface area (Å²) >= 11 is 12.1. The number of hydrogen-bond acceptors (Lipinski definition) is 4. The minimum atomic E-state index is -0.0563. The minimum Gasteiger partial charge on any atom is -0.423 e. The standard InChI is InChI=1S/C18H15Cl2N3O2/c19-11-5-6-15-16(9-11)25-18(22-15)21-12-7-8-23(10-12)17(24)13-3-1-2-4-14(13)20/h1-6,9,12H,7-8,10H2,(H,21,22)/t12-/m1/s1. The van der Waals surface area contributed by atoms with Crippen LogP contribution in [0.4, 0.5) is 6.01 Å². The second kappa shape index (κ2) is 6.58. The molecule has 0 unspecified atom stereocenters. The van der Waals surface area contributed by atoms with Crippen LogP contribution in [0.15, 0.2) is 46.9 Å². The molecular formula is C18H15Cl2N3O2. The number of anilines is 1. The van der Waals surface area contributed by atoms with Crippen LogP contribution in [0.2, 0.25) is 10.0 Å². The first kappa shape index (κ1) is 16.2. The zero-order chi connectivity index (χ0) is 17.4. The number of nitrogens with zero attached hydrogens (tertiary/aromatic N) is 2. The molecule has 128 valence electrons. The van der Waals surface area contributed by atoms with E-state index in [2.05, 4.69) is 10.3 Å². The quantitative estimate of drug-likeness (QED) is 0.733. The van der Waals surface area contributed by atoms with Crippen molar-refractivity contribution in [2.45, 2.75) is 12.5 Å². The number of carbonyl (C=O) groups excluding carboxylic acids is 1. The van der Waals surface area contributed by atoms with Crippen molar-refractivity contribution in [3.05, 3.63) is 58.1 Å². The van der Waals surface area contributed by atoms with Gasteiger partial charge >= 0.3 is 0 Å². The monoisotopic (exact) mass is 375 g/mol. The molecule has 3 aromatic rings. The molecule has 25 heavy (non-hydrogen) atoms. The Balaban J connectivity index is 1.45. The molecule has 1 atom stereocenters. The number of halogens is 2. The fraction of sp³-hybridized carbons (Fsp3) is 0.222. The van der Waals surface area contributed by atoms with Gasteiger partial charge in [0.15, 0.2) is 5.58 Å². The molecule has 7 heteroatoms. The van der Waals surface area contributed by atoms with Crippen molar-refractivity contribution < 1.29 is 9.21 Å². The molecule has 1 fully saturated rings. The van der Waals surface area contributed by atoms with Crippen molar-refractivity contribution in [1.82, 2.24) is 9.88 Å². The molecule has 2 heterocycles. The van der Waals surface area contributed by atoms with Crippen LogP contribution in [-0.2, 0) is 0 Å². The maximum atomic E-state index is 12.6. The summed E-state index contributed by atoms with van der Waals surface area (Å²) in [7, 11) is 0. The third kappa shape index (κ3) is 3.30. The molecule has 1 aliphatic heterocycles. The number of fused-ring (bicyclic) bond motifs is 1. The number of oxazole rings is 1. The Morgan fingerprint density at radius 3 is 2.92 bits per heavy atom. The molecule has 0 spiro atoms. The molecule has 1 aliphatic rings. The van der Waals surface area contributed by atoms with E-state index in [-0.39, 0.29) is 11.9 Å². The highest BCUT2D eigenvalue weighted by Crippen LogP contribution is 2.25. The van der Waals surface area contributed by atoms with E-state index in [1.807, 2.05) is 18.2 Å². The lowest BCUT2D eigenvalue weighted by Crippen LogP contribution is -2.31. The average molecular weight is 376 g/mol. The number of carbonyl (C=O) groups is 1. The Morgan fingerprint density at radius 1 is 1.24 bits per heavy atom. The minimum absolute atomic E-state index is 0.0563. The third-order valence-electron chi connectivity index (χ3n) is 4.26. The van der Waals surface area contributed by atoms with E-state index >= 15 is 0 Å². The highest BCUT2D eigenvalue weighted by molar-refractivity contribution is 6.33. The van der Waals surface area contributed by atoms with Crippen molar-refractivity contribution in [3.63, 3.8) is 0 Å². The fourth-order valence-electron chi connectivity index (χ4n) is 3.00. The van der Waals surface area contributed by atoms with Gasteiger partial charge < -0.3 is 14.6 Å². The van der Waals surface area contributed by atoms with Crippen molar-refractivity contribution in [2.75, 3.05) is 18.4 Å². The Bertz CT molecular complexity index is 941. The maximum absolute atomic E-state index is 12.6. The molecule has 0 aliphatic carbocycles. The number of likely N-dealkylation sites (tertiary alicyclic amines) is 1. The second-order valence-corrected chi connectivity index (χ2v) is 6.84. The molecule has 2 aromatic carbocycles. The van der Waals surface area contributed by atoms with Gasteiger partial charge in [0.2, 0.25) is 0 Å². The van der Waals surface area contributed by atoms with Gasteiger partial charge in [0.1, 0.15) is 5.52 Å². The largest absolute Gasteiger partial charge is 0.423 e. The van der Waals surface area contributed by atoms with Gasteiger partial charge in [-0.1, -0.05) is 35.3 Å². The molecule has 0 saturated carbocycles. The highest BCUT2D eigenvalue weighted by Gasteiger charge is 2.28. The van der Waals surface area contributed by atoms with Crippen molar-refractivity contribution in [2.24, 2.45) is 0 Å². The average Bonchev–Trinajstić information content (AvgIpc) is 3.21. The molecule has 1 N–H and O–H groups in total. The first-order valence-electron chi connectivity index (χ1n) is 7.96. The number of amides is 1. The van der Waals surface area contributed by atoms with Crippen LogP contribution >= 0.6 is 23.2 Å². The summed E-state index contributed by atoms with van der Waals surface area (Å²) in [4.78, 5) is 18.8. The van der Waals surface area contributed by atoms with E-state index in [9.17, 15) is 4.79 Å². The molecule has 5 nitrogen and oxygen atoms in total. The number of aromatic nitrogens is 1. The molecule has 1 aromatic heterocycles. The Hall–Kier alpha value is -2.24. The van der Waals surface area contributed by atoms with Crippen LogP contribution < -0.4 is 5.32 Å². The van der Waals surface area contributed by atoms with E-state index < -0.39 is 0 Å². The molecule has 0 bridgehead atoms. The van der Waals surface area contributed by atoms with E-state index in [0.717, 1.165) is 11.9 Å². The lowest BCUT2D eigenvalue weighted by molar-refractivity contribution is 0.0791. The predicted octanol–water partition coefficient (Wildman–Crippen LogP) is 4.46. The number of hydrogen-bond donors (Lipinski definition) is 1. The fourth-order valence-corrected chi connectivity index (χ4v) is 3.38. The topological polar surface area (TPSA) is 58.4 Å². The molecule has 1 saturated heterocycles. The highest BCUT2D eigenvalue weighted by atomic mass is 35.5. The zero-order valence-corrected chi connectivity index (χ0v) is 14.7. The SMILES string of the molecule is O=C(c1ccccc1Cl)N1CC[C@@H](Nc2nc3ccc(Cl)cc3o2)C1. The first-order valence-corrected chi connectivity index (χ1v) is 8.72. The maximum Gasteiger partial charge on any atom is 0.295 e. The van der Waals surface area contributed by atoms with E-state index in [4.69, 9.17) is 27.6 Å². The van der Waals surface area contributed by atoms with Crippen LogP contribution in [0.5, 0.6) is 0 Å². The van der Waals surface area contributed by atoms with Gasteiger partial charge in [-0.25, -0.2) is 0 Å². The summed E-state index contributed by atoms with van der Waals surface area (Å²) in [6.45, 7) is 1.23. The van der Waals surface area contributed by atoms with Gasteiger partial charge in [0, 0.05) is 30.2 Å². The van der Waals surface area contributed by atoms with Gasteiger partial charge in [-0.2, -0.15) is 4.98 Å². The Kier molecular flexibility index (Phi) is 4.27. The number of rotatable bonds is 3. The van der Waals surface area contributed by atoms with Crippen LogP contribution in [0.3, 0.4) is 0 Å².